The maximum absolute atomic E-state index is 14.9. The number of non-ortho nitro benzene ring substituents is 1. The second-order valence-corrected chi connectivity index (χ2v) is 12.6. The minimum Gasteiger partial charge on any atom is -0.352 e. The Kier molecular flexibility index (Phi) is 10.5. The summed E-state index contributed by atoms with van der Waals surface area (Å²) in [6, 6.07) is 18.7. The summed E-state index contributed by atoms with van der Waals surface area (Å²) in [4.78, 5) is 39.9. The molecule has 1 N–H and O–H groups in total. The van der Waals surface area contributed by atoms with E-state index in [-0.39, 0.29) is 35.9 Å². The first kappa shape index (κ1) is 31.6. The summed E-state index contributed by atoms with van der Waals surface area (Å²) in [5.41, 5.74) is 0.481. The molecular formula is C31H35FN4O6S. The number of rotatable bonds is 12. The van der Waals surface area contributed by atoms with Crippen LogP contribution in [0.4, 0.5) is 15.8 Å². The number of amides is 2. The maximum atomic E-state index is 14.9. The predicted molar refractivity (Wildman–Crippen MR) is 161 cm³/mol. The first-order valence-electron chi connectivity index (χ1n) is 14.1. The van der Waals surface area contributed by atoms with Crippen molar-refractivity contribution in [2.24, 2.45) is 0 Å². The summed E-state index contributed by atoms with van der Waals surface area (Å²) in [5, 5.41) is 14.5. The molecule has 0 aliphatic heterocycles. The van der Waals surface area contributed by atoms with E-state index in [1.54, 1.807) is 6.07 Å². The molecule has 3 aromatic rings. The van der Waals surface area contributed by atoms with Gasteiger partial charge in [0.05, 0.1) is 16.9 Å². The number of hydrogen-bond acceptors (Lipinski definition) is 6. The number of carbonyl (C=O) groups excluding carboxylic acids is 2. The van der Waals surface area contributed by atoms with Crippen LogP contribution in [0, 0.1) is 15.9 Å². The van der Waals surface area contributed by atoms with Crippen LogP contribution in [0.2, 0.25) is 0 Å². The van der Waals surface area contributed by atoms with Gasteiger partial charge in [-0.1, -0.05) is 73.9 Å². The van der Waals surface area contributed by atoms with Crippen LogP contribution in [0.3, 0.4) is 0 Å². The van der Waals surface area contributed by atoms with E-state index in [2.05, 4.69) is 5.32 Å². The smallest absolute Gasteiger partial charge is 0.271 e. The highest BCUT2D eigenvalue weighted by Gasteiger charge is 2.34. The molecule has 3 aromatic carbocycles. The third kappa shape index (κ3) is 8.60. The zero-order valence-electron chi connectivity index (χ0n) is 23.9. The van der Waals surface area contributed by atoms with E-state index >= 15 is 0 Å². The van der Waals surface area contributed by atoms with Crippen LogP contribution in [-0.2, 0) is 32.6 Å². The lowest BCUT2D eigenvalue weighted by Gasteiger charge is -2.35. The molecule has 0 saturated heterocycles. The average Bonchev–Trinajstić information content (AvgIpc) is 2.99. The molecule has 0 unspecified atom stereocenters. The number of nitrogens with zero attached hydrogens (tertiary/aromatic N) is 3. The van der Waals surface area contributed by atoms with Gasteiger partial charge >= 0.3 is 0 Å². The number of anilines is 1. The van der Waals surface area contributed by atoms with E-state index < -0.39 is 45.2 Å². The molecule has 12 heteroatoms. The molecule has 1 saturated carbocycles. The number of carbonyl (C=O) groups is 2. The number of nitrogens with one attached hydrogen (secondary N) is 1. The highest BCUT2D eigenvalue weighted by Crippen LogP contribution is 2.25. The lowest BCUT2D eigenvalue weighted by atomic mass is 9.94. The normalized spacial score (nSPS) is 14.5. The second kappa shape index (κ2) is 14.2. The largest absolute Gasteiger partial charge is 0.352 e. The first-order valence-corrected chi connectivity index (χ1v) is 16.0. The van der Waals surface area contributed by atoms with Crippen molar-refractivity contribution in [1.29, 1.82) is 0 Å². The Balaban J connectivity index is 1.74. The molecule has 1 atom stereocenters. The third-order valence-corrected chi connectivity index (χ3v) is 8.67. The lowest BCUT2D eigenvalue weighted by Crippen LogP contribution is -2.55. The number of hydrogen-bond donors (Lipinski definition) is 1. The molecule has 1 fully saturated rings. The van der Waals surface area contributed by atoms with Gasteiger partial charge in [0.15, 0.2) is 0 Å². The van der Waals surface area contributed by atoms with Crippen LogP contribution < -0.4 is 9.62 Å². The number of nitro benzene ring substituents is 1. The van der Waals surface area contributed by atoms with Crippen LogP contribution in [0.15, 0.2) is 78.9 Å². The van der Waals surface area contributed by atoms with Gasteiger partial charge in [0, 0.05) is 36.7 Å². The summed E-state index contributed by atoms with van der Waals surface area (Å²) < 4.78 is 41.4. The van der Waals surface area contributed by atoms with Crippen LogP contribution in [0.25, 0.3) is 0 Å². The number of nitro groups is 1. The van der Waals surface area contributed by atoms with Gasteiger partial charge in [-0.2, -0.15) is 0 Å². The van der Waals surface area contributed by atoms with Crippen LogP contribution in [0.1, 0.15) is 43.2 Å². The van der Waals surface area contributed by atoms with Crippen LogP contribution >= 0.6 is 0 Å². The Morgan fingerprint density at radius 3 is 2.33 bits per heavy atom. The maximum Gasteiger partial charge on any atom is 0.271 e. The number of halogens is 1. The number of benzene rings is 3. The van der Waals surface area contributed by atoms with Gasteiger partial charge in [0.2, 0.25) is 21.8 Å². The monoisotopic (exact) mass is 610 g/mol. The van der Waals surface area contributed by atoms with E-state index in [1.165, 1.54) is 41.3 Å². The Hall–Kier alpha value is -4.32. The third-order valence-electron chi connectivity index (χ3n) is 7.53. The van der Waals surface area contributed by atoms with E-state index in [9.17, 15) is 32.5 Å². The average molecular weight is 611 g/mol. The quantitative estimate of drug-likeness (QED) is 0.236. The molecule has 0 radical (unpaired) electrons. The van der Waals surface area contributed by atoms with Crippen molar-refractivity contribution in [3.63, 3.8) is 0 Å². The molecule has 10 nitrogen and oxygen atoms in total. The summed E-state index contributed by atoms with van der Waals surface area (Å²) >= 11 is 0. The number of sulfonamides is 1. The molecule has 0 heterocycles. The van der Waals surface area contributed by atoms with Gasteiger partial charge in [-0.25, -0.2) is 12.8 Å². The summed E-state index contributed by atoms with van der Waals surface area (Å²) in [7, 11) is -4.11. The first-order chi connectivity index (χ1) is 20.5. The van der Waals surface area contributed by atoms with Crippen LogP contribution in [-0.4, -0.2) is 54.9 Å². The van der Waals surface area contributed by atoms with Crippen molar-refractivity contribution in [1.82, 2.24) is 10.2 Å². The topological polar surface area (TPSA) is 130 Å². The molecule has 0 spiro atoms. The van der Waals surface area contributed by atoms with Gasteiger partial charge in [-0.05, 0) is 30.5 Å². The Morgan fingerprint density at radius 1 is 1.00 bits per heavy atom. The van der Waals surface area contributed by atoms with Gasteiger partial charge in [0.1, 0.15) is 18.4 Å². The van der Waals surface area contributed by atoms with Crippen molar-refractivity contribution < 1.29 is 27.3 Å². The van der Waals surface area contributed by atoms with E-state index in [4.69, 9.17) is 0 Å². The Morgan fingerprint density at radius 2 is 1.67 bits per heavy atom. The zero-order chi connectivity index (χ0) is 31.0. The molecule has 2 amide bonds. The molecule has 0 aromatic heterocycles. The fourth-order valence-electron chi connectivity index (χ4n) is 5.28. The van der Waals surface area contributed by atoms with E-state index in [0.717, 1.165) is 54.3 Å². The van der Waals surface area contributed by atoms with Gasteiger partial charge < -0.3 is 10.2 Å². The zero-order valence-corrected chi connectivity index (χ0v) is 24.7. The molecule has 43 heavy (non-hydrogen) atoms. The minimum atomic E-state index is -4.11. The standard InChI is InChI=1S/C31H35FN4O6S/c1-43(41,42)35(26-16-10-17-27(20-26)36(39)40)22-30(37)34(21-24-13-8-9-18-28(24)32)29(19-23-11-4-2-5-12-23)31(38)33-25-14-6-3-7-15-25/h2,4-5,8-13,16-18,20,25,29H,3,6-7,14-15,19,21-22H2,1H3,(H,33,38)/t29-/m0/s1. The molecule has 228 valence electrons. The highest BCUT2D eigenvalue weighted by atomic mass is 32.2. The van der Waals surface area contributed by atoms with E-state index in [0.29, 0.717) is 0 Å². The molecule has 1 aliphatic carbocycles. The Labute approximate surface area is 250 Å². The fourth-order valence-corrected chi connectivity index (χ4v) is 6.13. The van der Waals surface area contributed by atoms with Crippen molar-refractivity contribution in [2.45, 2.75) is 57.2 Å². The molecule has 4 rings (SSSR count). The fraction of sp³-hybridized carbons (Fsp3) is 0.355. The lowest BCUT2D eigenvalue weighted by molar-refractivity contribution is -0.384. The highest BCUT2D eigenvalue weighted by molar-refractivity contribution is 7.92. The minimum absolute atomic E-state index is 0.0673. The summed E-state index contributed by atoms with van der Waals surface area (Å²) in [5.74, 6) is -1.76. The second-order valence-electron chi connectivity index (χ2n) is 10.7. The summed E-state index contributed by atoms with van der Waals surface area (Å²) in [6.07, 6.45) is 5.63. The Bertz CT molecular complexity index is 1550. The SMILES string of the molecule is CS(=O)(=O)N(CC(=O)N(Cc1ccccc1F)[C@@H](Cc1ccccc1)C(=O)NC1CCCCC1)c1cccc([N+](=O)[O-])c1. The van der Waals surface area contributed by atoms with Crippen LogP contribution in [0.5, 0.6) is 0 Å². The molecule has 1 aliphatic rings. The van der Waals surface area contributed by atoms with Gasteiger partial charge in [0.25, 0.3) is 5.69 Å². The predicted octanol–water partition coefficient (Wildman–Crippen LogP) is 4.59. The summed E-state index contributed by atoms with van der Waals surface area (Å²) in [6.45, 7) is -1.05. The van der Waals surface area contributed by atoms with Crippen molar-refractivity contribution >= 4 is 33.2 Å². The van der Waals surface area contributed by atoms with Crippen molar-refractivity contribution in [3.05, 3.63) is 106 Å². The van der Waals surface area contributed by atoms with Crippen molar-refractivity contribution in [3.8, 4) is 0 Å². The molecular weight excluding hydrogens is 575 g/mol. The van der Waals surface area contributed by atoms with E-state index in [1.807, 2.05) is 30.3 Å². The van der Waals surface area contributed by atoms with Gasteiger partial charge in [-0.3, -0.25) is 24.0 Å². The van der Waals surface area contributed by atoms with Gasteiger partial charge in [-0.15, -0.1) is 0 Å². The molecule has 0 bridgehead atoms. The van der Waals surface area contributed by atoms with Crippen molar-refractivity contribution in [2.75, 3.05) is 17.1 Å².